The molecule has 3 nitrogen and oxygen atoms in total. The Morgan fingerprint density at radius 3 is 1.85 bits per heavy atom. The zero-order valence-electron chi connectivity index (χ0n) is 14.8. The lowest BCUT2D eigenvalue weighted by atomic mass is 9.94. The largest absolute Gasteiger partial charge is 0.289 e. The van der Waals surface area contributed by atoms with Gasteiger partial charge in [-0.25, -0.2) is 8.42 Å². The predicted molar refractivity (Wildman–Crippen MR) is 107 cm³/mol. The molecule has 0 radical (unpaired) electrons. The van der Waals surface area contributed by atoms with E-state index in [2.05, 4.69) is 0 Å². The summed E-state index contributed by atoms with van der Waals surface area (Å²) in [5, 5.41) is 0. The van der Waals surface area contributed by atoms with Gasteiger partial charge in [0.2, 0.25) is 0 Å². The molecule has 4 heteroatoms. The number of allylic oxidation sites excluding steroid dienone is 1. The van der Waals surface area contributed by atoms with Crippen molar-refractivity contribution in [1.82, 2.24) is 0 Å². The second kappa shape index (κ2) is 6.63. The molecule has 0 aromatic heterocycles. The second-order valence-electron chi connectivity index (χ2n) is 6.42. The van der Waals surface area contributed by atoms with Gasteiger partial charge in [-0.3, -0.25) is 4.79 Å². The Balaban J connectivity index is 1.94. The number of hydrogen-bond acceptors (Lipinski definition) is 3. The summed E-state index contributed by atoms with van der Waals surface area (Å²) in [6, 6.07) is 24.0. The Morgan fingerprint density at radius 2 is 1.22 bits per heavy atom. The number of ketones is 1. The van der Waals surface area contributed by atoms with Crippen molar-refractivity contribution in [2.45, 2.75) is 11.8 Å². The molecule has 0 aliphatic heterocycles. The maximum absolute atomic E-state index is 13.1. The molecule has 0 fully saturated rings. The van der Waals surface area contributed by atoms with Crippen molar-refractivity contribution in [3.8, 4) is 0 Å². The Hall–Kier alpha value is -2.98. The fourth-order valence-electron chi connectivity index (χ4n) is 3.46. The molecule has 27 heavy (non-hydrogen) atoms. The summed E-state index contributed by atoms with van der Waals surface area (Å²) in [6.07, 6.45) is 0. The van der Waals surface area contributed by atoms with Crippen LogP contribution in [0.2, 0.25) is 0 Å². The van der Waals surface area contributed by atoms with E-state index in [9.17, 15) is 13.2 Å². The molecular formula is C23H18O3S. The molecule has 4 rings (SSSR count). The number of rotatable bonds is 4. The first-order chi connectivity index (χ1) is 13.0. The zero-order chi connectivity index (χ0) is 19.0. The smallest absolute Gasteiger partial charge is 0.194 e. The van der Waals surface area contributed by atoms with Crippen molar-refractivity contribution in [3.63, 3.8) is 0 Å². The molecule has 0 heterocycles. The Labute approximate surface area is 158 Å². The first-order valence-corrected chi connectivity index (χ1v) is 10.4. The fourth-order valence-corrected chi connectivity index (χ4v) is 4.34. The van der Waals surface area contributed by atoms with Crippen molar-refractivity contribution in [2.75, 3.05) is 5.75 Å². The first kappa shape index (κ1) is 17.4. The van der Waals surface area contributed by atoms with Crippen LogP contribution < -0.4 is 0 Å². The number of benzene rings is 3. The number of sulfone groups is 1. The van der Waals surface area contributed by atoms with Crippen LogP contribution >= 0.6 is 0 Å². The minimum absolute atomic E-state index is 0.00273. The molecule has 0 unspecified atom stereocenters. The number of fused-ring (bicyclic) bond motifs is 1. The SMILES string of the molecule is CCS(=O)(=O)c1ccc(C2=C(c3ccccc3)C(=O)c3ccccc32)cc1. The number of Topliss-reactive ketones (excluding diaryl/α,β-unsaturated/α-hetero) is 1. The van der Waals surface area contributed by atoms with Gasteiger partial charge in [0, 0.05) is 16.7 Å². The average molecular weight is 374 g/mol. The van der Waals surface area contributed by atoms with Crippen LogP contribution in [0.15, 0.2) is 83.8 Å². The summed E-state index contributed by atoms with van der Waals surface area (Å²) < 4.78 is 24.2. The van der Waals surface area contributed by atoms with Crippen molar-refractivity contribution < 1.29 is 13.2 Å². The summed E-state index contributed by atoms with van der Waals surface area (Å²) in [6.45, 7) is 1.63. The average Bonchev–Trinajstić information content (AvgIpc) is 3.01. The minimum atomic E-state index is -3.26. The number of carbonyl (C=O) groups is 1. The van der Waals surface area contributed by atoms with Crippen molar-refractivity contribution in [1.29, 1.82) is 0 Å². The fraction of sp³-hybridized carbons (Fsp3) is 0.0870. The molecule has 134 valence electrons. The standard InChI is InChI=1S/C23H18O3S/c1-2-27(25,26)18-14-12-17(13-15-18)21-19-10-6-7-11-20(19)23(24)22(21)16-8-4-3-5-9-16/h3-15H,2H2,1H3. The van der Waals surface area contributed by atoms with Crippen molar-refractivity contribution in [2.24, 2.45) is 0 Å². The highest BCUT2D eigenvalue weighted by Gasteiger charge is 2.31. The lowest BCUT2D eigenvalue weighted by Gasteiger charge is -2.10. The second-order valence-corrected chi connectivity index (χ2v) is 8.70. The summed E-state index contributed by atoms with van der Waals surface area (Å²) in [5.41, 5.74) is 4.76. The lowest BCUT2D eigenvalue weighted by Crippen LogP contribution is -2.03. The maximum Gasteiger partial charge on any atom is 0.194 e. The number of carbonyl (C=O) groups excluding carboxylic acids is 1. The zero-order valence-corrected chi connectivity index (χ0v) is 15.7. The normalized spacial score (nSPS) is 13.7. The van der Waals surface area contributed by atoms with E-state index in [4.69, 9.17) is 0 Å². The van der Waals surface area contributed by atoms with Crippen LogP contribution in [0, 0.1) is 0 Å². The van der Waals surface area contributed by atoms with Crippen LogP contribution in [0.3, 0.4) is 0 Å². The van der Waals surface area contributed by atoms with Gasteiger partial charge < -0.3 is 0 Å². The predicted octanol–water partition coefficient (Wildman–Crippen LogP) is 4.64. The van der Waals surface area contributed by atoms with E-state index in [-0.39, 0.29) is 11.5 Å². The highest BCUT2D eigenvalue weighted by molar-refractivity contribution is 7.91. The molecule has 1 aliphatic carbocycles. The third kappa shape index (κ3) is 2.92. The molecule has 3 aromatic rings. The highest BCUT2D eigenvalue weighted by atomic mass is 32.2. The van der Waals surface area contributed by atoms with Crippen LogP contribution in [0.5, 0.6) is 0 Å². The summed E-state index contributed by atoms with van der Waals surface area (Å²) in [5.74, 6) is 0.0584. The van der Waals surface area contributed by atoms with E-state index in [1.165, 1.54) is 0 Å². The van der Waals surface area contributed by atoms with E-state index in [1.807, 2.05) is 54.6 Å². The molecule has 0 atom stereocenters. The lowest BCUT2D eigenvalue weighted by molar-refractivity contribution is 0.105. The van der Waals surface area contributed by atoms with E-state index in [0.717, 1.165) is 22.3 Å². The topological polar surface area (TPSA) is 51.2 Å². The van der Waals surface area contributed by atoms with Gasteiger partial charge in [0.05, 0.1) is 10.6 Å². The molecule has 0 saturated carbocycles. The summed E-state index contributed by atoms with van der Waals surface area (Å²) in [7, 11) is -3.26. The van der Waals surface area contributed by atoms with Gasteiger partial charge >= 0.3 is 0 Å². The molecule has 0 spiro atoms. The van der Waals surface area contributed by atoms with Crippen molar-refractivity contribution in [3.05, 3.63) is 101 Å². The monoisotopic (exact) mass is 374 g/mol. The molecule has 0 saturated heterocycles. The third-order valence-corrected chi connectivity index (χ3v) is 6.61. The van der Waals surface area contributed by atoms with Crippen LogP contribution in [0.4, 0.5) is 0 Å². The summed E-state index contributed by atoms with van der Waals surface area (Å²) >= 11 is 0. The van der Waals surface area contributed by atoms with E-state index in [0.29, 0.717) is 16.0 Å². The maximum atomic E-state index is 13.1. The van der Waals surface area contributed by atoms with Gasteiger partial charge in [-0.15, -0.1) is 0 Å². The highest BCUT2D eigenvalue weighted by Crippen LogP contribution is 2.42. The van der Waals surface area contributed by atoms with Crippen LogP contribution in [-0.4, -0.2) is 20.0 Å². The Morgan fingerprint density at radius 1 is 0.667 bits per heavy atom. The van der Waals surface area contributed by atoms with Crippen LogP contribution in [-0.2, 0) is 9.84 Å². The molecular weight excluding hydrogens is 356 g/mol. The molecule has 0 N–H and O–H groups in total. The Bertz CT molecular complexity index is 1160. The first-order valence-electron chi connectivity index (χ1n) is 8.80. The van der Waals surface area contributed by atoms with Gasteiger partial charge in [0.1, 0.15) is 0 Å². The van der Waals surface area contributed by atoms with Crippen LogP contribution in [0.25, 0.3) is 11.1 Å². The van der Waals surface area contributed by atoms with E-state index in [1.54, 1.807) is 31.2 Å². The molecule has 0 amide bonds. The molecule has 0 bridgehead atoms. The van der Waals surface area contributed by atoms with Crippen LogP contribution in [0.1, 0.15) is 34.0 Å². The summed E-state index contributed by atoms with van der Waals surface area (Å²) in [4.78, 5) is 13.4. The van der Waals surface area contributed by atoms with Gasteiger partial charge in [0.25, 0.3) is 0 Å². The van der Waals surface area contributed by atoms with Crippen molar-refractivity contribution >= 4 is 26.8 Å². The third-order valence-electron chi connectivity index (χ3n) is 4.86. The Kier molecular flexibility index (Phi) is 4.28. The van der Waals surface area contributed by atoms with Gasteiger partial charge in [0.15, 0.2) is 15.6 Å². The minimum Gasteiger partial charge on any atom is -0.289 e. The van der Waals surface area contributed by atoms with Gasteiger partial charge in [-0.05, 0) is 28.8 Å². The van der Waals surface area contributed by atoms with Gasteiger partial charge in [-0.2, -0.15) is 0 Å². The molecule has 1 aliphatic rings. The quantitative estimate of drug-likeness (QED) is 0.669. The van der Waals surface area contributed by atoms with Gasteiger partial charge in [-0.1, -0.05) is 73.7 Å². The van der Waals surface area contributed by atoms with E-state index < -0.39 is 9.84 Å². The van der Waals surface area contributed by atoms with E-state index >= 15 is 0 Å². The number of hydrogen-bond donors (Lipinski definition) is 0. The molecule has 3 aromatic carbocycles.